The molecule has 0 aliphatic heterocycles. The molecule has 1 rings (SSSR count). The van der Waals surface area contributed by atoms with E-state index in [2.05, 4.69) is 39.9 Å². The molecule has 0 unspecified atom stereocenters. The maximum absolute atomic E-state index is 7.50. The van der Waals surface area contributed by atoms with Gasteiger partial charge in [-0.15, -0.1) is 0 Å². The minimum atomic E-state index is 0. The van der Waals surface area contributed by atoms with Crippen LogP contribution in [0.4, 0.5) is 0 Å². The van der Waals surface area contributed by atoms with E-state index in [1.807, 2.05) is 24.3 Å². The van der Waals surface area contributed by atoms with Gasteiger partial charge in [0.1, 0.15) is 0 Å². The van der Waals surface area contributed by atoms with E-state index >= 15 is 0 Å². The molecule has 24 heavy (non-hydrogen) atoms. The number of hydrogen-bond acceptors (Lipinski definition) is 2. The van der Waals surface area contributed by atoms with Crippen molar-refractivity contribution in [1.29, 1.82) is 0 Å². The van der Waals surface area contributed by atoms with E-state index in [1.165, 1.54) is 11.1 Å². The Balaban J connectivity index is -0.0000000263. The van der Waals surface area contributed by atoms with Gasteiger partial charge in [-0.2, -0.15) is 11.5 Å². The van der Waals surface area contributed by atoms with Crippen LogP contribution in [0.5, 0.6) is 0 Å². The second kappa shape index (κ2) is 78.9. The Bertz CT molecular complexity index is 373. The molecule has 0 saturated heterocycles. The van der Waals surface area contributed by atoms with Gasteiger partial charge in [-0.25, -0.2) is 0 Å². The van der Waals surface area contributed by atoms with Crippen LogP contribution in [0.2, 0.25) is 0 Å². The summed E-state index contributed by atoms with van der Waals surface area (Å²) in [5, 5.41) is 0. The van der Waals surface area contributed by atoms with Crippen molar-refractivity contribution >= 4 is 25.3 Å². The molecule has 0 heterocycles. The Labute approximate surface area is 173 Å². The molecule has 0 spiro atoms. The summed E-state index contributed by atoms with van der Waals surface area (Å²) < 4.78 is 45.0. The molecule has 0 amide bonds. The van der Waals surface area contributed by atoms with Crippen LogP contribution in [0.15, 0.2) is 24.3 Å². The van der Waals surface area contributed by atoms with Crippen molar-refractivity contribution in [2.75, 3.05) is 0 Å². The van der Waals surface area contributed by atoms with Crippen LogP contribution in [0, 0.1) is 39.9 Å². The van der Waals surface area contributed by atoms with E-state index in [1.54, 1.807) is 0 Å². The summed E-state index contributed by atoms with van der Waals surface area (Å²) in [5.41, 5.74) is 2.40. The van der Waals surface area contributed by atoms with Gasteiger partial charge < -0.3 is 25.3 Å². The van der Waals surface area contributed by atoms with Crippen molar-refractivity contribution < 1.29 is 62.1 Å². The molecular formula is C14H8Fe2O6S2-2. The molecular weight excluding hydrogens is 440 g/mol. The van der Waals surface area contributed by atoms with Crippen molar-refractivity contribution in [3.05, 3.63) is 75.3 Å². The third-order valence-corrected chi connectivity index (χ3v) is 2.05. The van der Waals surface area contributed by atoms with Gasteiger partial charge in [0.25, 0.3) is 0 Å². The fourth-order valence-electron chi connectivity index (χ4n) is 0.839. The van der Waals surface area contributed by atoms with Crippen LogP contribution in [0.25, 0.3) is 0 Å². The summed E-state index contributed by atoms with van der Waals surface area (Å²) in [6, 6.07) is 8.06. The molecule has 0 saturated carbocycles. The maximum Gasteiger partial charge on any atom is 0 e. The predicted octanol–water partition coefficient (Wildman–Crippen LogP) is 1.55. The van der Waals surface area contributed by atoms with Crippen LogP contribution in [0.3, 0.4) is 0 Å². The topological polar surface area (TPSA) is 119 Å². The number of rotatable bonds is 2. The van der Waals surface area contributed by atoms with Crippen molar-refractivity contribution in [2.45, 2.75) is 11.5 Å². The zero-order valence-electron chi connectivity index (χ0n) is 11.7. The van der Waals surface area contributed by atoms with E-state index in [4.69, 9.17) is 53.2 Å². The molecule has 130 valence electrons. The van der Waals surface area contributed by atoms with Crippen LogP contribution in [-0.2, 0) is 98.8 Å². The summed E-state index contributed by atoms with van der Waals surface area (Å²) in [4.78, 5) is 0. The molecule has 0 aliphatic carbocycles. The van der Waals surface area contributed by atoms with Crippen molar-refractivity contribution in [1.82, 2.24) is 0 Å². The minimum absolute atomic E-state index is 0. The molecule has 0 fully saturated rings. The van der Waals surface area contributed by atoms with Gasteiger partial charge >= 0.3 is 67.8 Å². The average molecular weight is 448 g/mol. The SMILES string of the molecule is [C-]#[O+].[C-]#[O+].[C-]#[O+].[C-]#[O+].[C-]#[O+].[C-]#[O+].[Fe].[Fe].[S-]Cc1ccccc1C[S-]. The first-order valence-electron chi connectivity index (χ1n) is 4.34. The molecule has 0 aromatic heterocycles. The zero-order chi connectivity index (χ0) is 19.4. The Morgan fingerprint density at radius 2 is 0.708 bits per heavy atom. The normalized spacial score (nSPS) is 4.58. The summed E-state index contributed by atoms with van der Waals surface area (Å²) in [5.74, 6) is 1.35. The zero-order valence-corrected chi connectivity index (χ0v) is 15.5. The van der Waals surface area contributed by atoms with Crippen LogP contribution < -0.4 is 0 Å². The molecule has 0 atom stereocenters. The van der Waals surface area contributed by atoms with Crippen molar-refractivity contribution in [2.24, 2.45) is 0 Å². The van der Waals surface area contributed by atoms with Crippen molar-refractivity contribution in [3.8, 4) is 0 Å². The van der Waals surface area contributed by atoms with Gasteiger partial charge in [0.2, 0.25) is 0 Å². The van der Waals surface area contributed by atoms with Gasteiger partial charge in [-0.3, -0.25) is 0 Å². The molecule has 0 bridgehead atoms. The van der Waals surface area contributed by atoms with Crippen LogP contribution >= 0.6 is 0 Å². The van der Waals surface area contributed by atoms with Gasteiger partial charge in [-0.05, 0) is 0 Å². The third kappa shape index (κ3) is 42.9. The fourth-order valence-corrected chi connectivity index (χ4v) is 1.40. The summed E-state index contributed by atoms with van der Waals surface area (Å²) >= 11 is 9.85. The van der Waals surface area contributed by atoms with E-state index in [9.17, 15) is 0 Å². The molecule has 6 nitrogen and oxygen atoms in total. The second-order valence-corrected chi connectivity index (χ2v) is 2.63. The van der Waals surface area contributed by atoms with Gasteiger partial charge in [0.15, 0.2) is 0 Å². The first kappa shape index (κ1) is 49.5. The first-order chi connectivity index (χ1) is 10.9. The van der Waals surface area contributed by atoms with Crippen molar-refractivity contribution in [3.63, 3.8) is 0 Å². The predicted molar refractivity (Wildman–Crippen MR) is 72.2 cm³/mol. The molecule has 1 aromatic rings. The molecule has 10 heteroatoms. The maximum atomic E-state index is 7.50. The van der Waals surface area contributed by atoms with E-state index in [0.717, 1.165) is 0 Å². The largest absolute Gasteiger partial charge is 0.788 e. The standard InChI is InChI=1S/C8H10S2.6CO.2Fe/c9-5-7-3-1-2-4-8(7)6-10;6*1-2;;/h1-4,9-10H,5-6H2;;;;;;;;/p-2. The second-order valence-electron chi connectivity index (χ2n) is 2.06. The number of benzene rings is 1. The van der Waals surface area contributed by atoms with E-state index in [-0.39, 0.29) is 34.1 Å². The molecule has 0 N–H and O–H groups in total. The minimum Gasteiger partial charge on any atom is -0.788 e. The Morgan fingerprint density at radius 1 is 0.542 bits per heavy atom. The first-order valence-corrected chi connectivity index (χ1v) is 5.49. The Morgan fingerprint density at radius 3 is 0.833 bits per heavy atom. The molecule has 0 aliphatic rings. The average Bonchev–Trinajstić information content (AvgIpc) is 2.71. The van der Waals surface area contributed by atoms with E-state index in [0.29, 0.717) is 11.5 Å². The van der Waals surface area contributed by atoms with Gasteiger partial charge in [0.05, 0.1) is 0 Å². The summed E-state index contributed by atoms with van der Waals surface area (Å²) in [6.45, 7) is 27.0. The van der Waals surface area contributed by atoms with Crippen LogP contribution in [-0.4, -0.2) is 0 Å². The summed E-state index contributed by atoms with van der Waals surface area (Å²) in [7, 11) is 0. The Kier molecular flexibility index (Phi) is 163. The number of hydrogen-bond donors (Lipinski definition) is 0. The fraction of sp³-hybridized carbons (Fsp3) is 0.143. The smallest absolute Gasteiger partial charge is 0 e. The quantitative estimate of drug-likeness (QED) is 0.295. The third-order valence-electron chi connectivity index (χ3n) is 1.43. The summed E-state index contributed by atoms with van der Waals surface area (Å²) in [6.07, 6.45) is 0. The van der Waals surface area contributed by atoms with Gasteiger partial charge in [0, 0.05) is 34.1 Å². The Hall–Kier alpha value is -0.601. The molecule has 1 aromatic carbocycles. The monoisotopic (exact) mass is 448 g/mol. The van der Waals surface area contributed by atoms with E-state index < -0.39 is 0 Å². The van der Waals surface area contributed by atoms with Crippen LogP contribution in [0.1, 0.15) is 11.1 Å². The molecule has 0 radical (unpaired) electrons. The van der Waals surface area contributed by atoms with Gasteiger partial charge in [-0.1, -0.05) is 35.4 Å².